The first-order valence-corrected chi connectivity index (χ1v) is 5.70. The molecule has 2 heteroatoms. The Kier molecular flexibility index (Phi) is 3.05. The van der Waals surface area contributed by atoms with Crippen molar-refractivity contribution in [3.63, 3.8) is 0 Å². The van der Waals surface area contributed by atoms with Gasteiger partial charge in [-0.1, -0.05) is 25.5 Å². The maximum atomic E-state index is 11.5. The summed E-state index contributed by atoms with van der Waals surface area (Å²) in [6.07, 6.45) is 3.99. The number of anilines is 1. The van der Waals surface area contributed by atoms with Crippen LogP contribution in [0.15, 0.2) is 24.3 Å². The van der Waals surface area contributed by atoms with Crippen LogP contribution in [-0.4, -0.2) is 12.5 Å². The highest BCUT2D eigenvalue weighted by atomic mass is 16.2. The van der Waals surface area contributed by atoms with Crippen molar-refractivity contribution in [1.82, 2.24) is 0 Å². The van der Waals surface area contributed by atoms with Crippen LogP contribution < -0.4 is 4.90 Å². The van der Waals surface area contributed by atoms with Gasteiger partial charge in [0.2, 0.25) is 5.91 Å². The van der Waals surface area contributed by atoms with Crippen molar-refractivity contribution in [1.29, 1.82) is 0 Å². The lowest BCUT2D eigenvalue weighted by Gasteiger charge is -2.15. The number of carbonyl (C=O) groups excluding carboxylic acids is 1. The summed E-state index contributed by atoms with van der Waals surface area (Å²) < 4.78 is 0. The highest BCUT2D eigenvalue weighted by Gasteiger charge is 2.21. The molecule has 0 aliphatic carbocycles. The van der Waals surface area contributed by atoms with Gasteiger partial charge in [0, 0.05) is 18.7 Å². The molecular formula is C13H17NO. The minimum Gasteiger partial charge on any atom is -0.312 e. The van der Waals surface area contributed by atoms with Crippen molar-refractivity contribution < 1.29 is 4.79 Å². The van der Waals surface area contributed by atoms with E-state index in [-0.39, 0.29) is 5.91 Å². The highest BCUT2D eigenvalue weighted by Crippen LogP contribution is 2.21. The van der Waals surface area contributed by atoms with Gasteiger partial charge in [-0.05, 0) is 30.5 Å². The Hall–Kier alpha value is -1.31. The molecule has 0 radical (unpaired) electrons. The quantitative estimate of drug-likeness (QED) is 0.739. The first-order valence-electron chi connectivity index (χ1n) is 5.70. The number of amides is 1. The number of carbonyl (C=O) groups is 1. The molecule has 0 N–H and O–H groups in total. The molecule has 0 aromatic heterocycles. The predicted molar refractivity (Wildman–Crippen MR) is 62.0 cm³/mol. The number of benzene rings is 1. The third-order valence-corrected chi connectivity index (χ3v) is 2.86. The summed E-state index contributed by atoms with van der Waals surface area (Å²) in [5, 5.41) is 0. The van der Waals surface area contributed by atoms with Crippen molar-refractivity contribution in [2.24, 2.45) is 0 Å². The van der Waals surface area contributed by atoms with E-state index in [2.05, 4.69) is 31.2 Å². The summed E-state index contributed by atoms with van der Waals surface area (Å²) in [6, 6.07) is 8.39. The molecule has 2 nitrogen and oxygen atoms in total. The first kappa shape index (κ1) is 10.2. The Bertz CT molecular complexity index is 342. The summed E-state index contributed by atoms with van der Waals surface area (Å²) in [5.74, 6) is 0.262. The molecule has 1 aliphatic rings. The van der Waals surface area contributed by atoms with Gasteiger partial charge in [0.05, 0.1) is 0 Å². The van der Waals surface area contributed by atoms with Crippen LogP contribution in [0.25, 0.3) is 0 Å². The van der Waals surface area contributed by atoms with Crippen LogP contribution in [0.5, 0.6) is 0 Å². The summed E-state index contributed by atoms with van der Waals surface area (Å²) >= 11 is 0. The molecule has 1 amide bonds. The van der Waals surface area contributed by atoms with Crippen molar-refractivity contribution in [3.05, 3.63) is 29.8 Å². The smallest absolute Gasteiger partial charge is 0.227 e. The van der Waals surface area contributed by atoms with Crippen LogP contribution in [0.1, 0.15) is 31.7 Å². The molecule has 1 fully saturated rings. The van der Waals surface area contributed by atoms with Gasteiger partial charge in [0.1, 0.15) is 0 Å². The van der Waals surface area contributed by atoms with Gasteiger partial charge in [-0.3, -0.25) is 4.79 Å². The molecule has 0 bridgehead atoms. The predicted octanol–water partition coefficient (Wildman–Crippen LogP) is 2.77. The van der Waals surface area contributed by atoms with E-state index in [1.165, 1.54) is 12.0 Å². The Balaban J connectivity index is 2.12. The summed E-state index contributed by atoms with van der Waals surface area (Å²) in [4.78, 5) is 13.4. The Morgan fingerprint density at radius 1 is 1.27 bits per heavy atom. The SMILES string of the molecule is CCCc1ccc(N2CCCC2=O)cc1. The molecule has 0 unspecified atom stereocenters. The number of nitrogens with zero attached hydrogens (tertiary/aromatic N) is 1. The molecule has 1 aromatic rings. The highest BCUT2D eigenvalue weighted by molar-refractivity contribution is 5.95. The normalized spacial score (nSPS) is 16.1. The average molecular weight is 203 g/mol. The van der Waals surface area contributed by atoms with E-state index < -0.39 is 0 Å². The van der Waals surface area contributed by atoms with Gasteiger partial charge in [0.25, 0.3) is 0 Å². The van der Waals surface area contributed by atoms with E-state index in [1.54, 1.807) is 0 Å². The molecule has 1 saturated heterocycles. The number of hydrogen-bond acceptors (Lipinski definition) is 1. The minimum absolute atomic E-state index is 0.262. The van der Waals surface area contributed by atoms with Gasteiger partial charge in [0.15, 0.2) is 0 Å². The van der Waals surface area contributed by atoms with Gasteiger partial charge in [-0.2, -0.15) is 0 Å². The number of aryl methyl sites for hydroxylation is 1. The van der Waals surface area contributed by atoms with E-state index in [4.69, 9.17) is 0 Å². The standard InChI is InChI=1S/C13H17NO/c1-2-4-11-6-8-12(9-7-11)14-10-3-5-13(14)15/h6-9H,2-5,10H2,1H3. The molecule has 0 atom stereocenters. The third kappa shape index (κ3) is 2.20. The molecule has 1 heterocycles. The fourth-order valence-corrected chi connectivity index (χ4v) is 2.05. The maximum absolute atomic E-state index is 11.5. The van der Waals surface area contributed by atoms with Crippen molar-refractivity contribution in [2.75, 3.05) is 11.4 Å². The van der Waals surface area contributed by atoms with Crippen molar-refractivity contribution >= 4 is 11.6 Å². The first-order chi connectivity index (χ1) is 7.31. The Morgan fingerprint density at radius 2 is 2.00 bits per heavy atom. The zero-order valence-electron chi connectivity index (χ0n) is 9.20. The summed E-state index contributed by atoms with van der Waals surface area (Å²) in [6.45, 7) is 3.06. The largest absolute Gasteiger partial charge is 0.312 e. The molecule has 2 rings (SSSR count). The molecule has 15 heavy (non-hydrogen) atoms. The van der Waals surface area contributed by atoms with Crippen LogP contribution in [0.2, 0.25) is 0 Å². The van der Waals surface area contributed by atoms with Crippen LogP contribution in [0, 0.1) is 0 Å². The van der Waals surface area contributed by atoms with Crippen molar-refractivity contribution in [2.45, 2.75) is 32.6 Å². The molecule has 80 valence electrons. The van der Waals surface area contributed by atoms with E-state index in [9.17, 15) is 4.79 Å². The molecule has 0 spiro atoms. The third-order valence-electron chi connectivity index (χ3n) is 2.86. The second-order valence-electron chi connectivity index (χ2n) is 4.07. The van der Waals surface area contributed by atoms with Gasteiger partial charge in [-0.25, -0.2) is 0 Å². The number of rotatable bonds is 3. The van der Waals surface area contributed by atoms with Crippen LogP contribution in [0.4, 0.5) is 5.69 Å². The van der Waals surface area contributed by atoms with Gasteiger partial charge >= 0.3 is 0 Å². The van der Waals surface area contributed by atoms with Crippen LogP contribution in [0.3, 0.4) is 0 Å². The van der Waals surface area contributed by atoms with Crippen molar-refractivity contribution in [3.8, 4) is 0 Å². The Labute approximate surface area is 90.9 Å². The van der Waals surface area contributed by atoms with Gasteiger partial charge < -0.3 is 4.90 Å². The Morgan fingerprint density at radius 3 is 2.53 bits per heavy atom. The summed E-state index contributed by atoms with van der Waals surface area (Å²) in [7, 11) is 0. The van der Waals surface area contributed by atoms with E-state index in [1.807, 2.05) is 4.90 Å². The molecule has 0 saturated carbocycles. The van der Waals surface area contributed by atoms with E-state index in [0.717, 1.165) is 25.1 Å². The van der Waals surface area contributed by atoms with E-state index >= 15 is 0 Å². The lowest BCUT2D eigenvalue weighted by Crippen LogP contribution is -2.23. The zero-order chi connectivity index (χ0) is 10.7. The lowest BCUT2D eigenvalue weighted by molar-refractivity contribution is -0.117. The number of hydrogen-bond donors (Lipinski definition) is 0. The minimum atomic E-state index is 0.262. The second-order valence-corrected chi connectivity index (χ2v) is 4.07. The maximum Gasteiger partial charge on any atom is 0.227 e. The van der Waals surface area contributed by atoms with Gasteiger partial charge in [-0.15, -0.1) is 0 Å². The van der Waals surface area contributed by atoms with E-state index in [0.29, 0.717) is 6.42 Å². The molecule has 1 aromatic carbocycles. The fourth-order valence-electron chi connectivity index (χ4n) is 2.05. The van der Waals surface area contributed by atoms with Crippen LogP contribution >= 0.6 is 0 Å². The lowest BCUT2D eigenvalue weighted by atomic mass is 10.1. The zero-order valence-corrected chi connectivity index (χ0v) is 9.20. The average Bonchev–Trinajstić information content (AvgIpc) is 2.66. The topological polar surface area (TPSA) is 20.3 Å². The van der Waals surface area contributed by atoms with Crippen LogP contribution in [-0.2, 0) is 11.2 Å². The molecule has 1 aliphatic heterocycles. The monoisotopic (exact) mass is 203 g/mol. The summed E-state index contributed by atoms with van der Waals surface area (Å²) in [5.41, 5.74) is 2.41. The molecular weight excluding hydrogens is 186 g/mol. The fraction of sp³-hybridized carbons (Fsp3) is 0.462. The second kappa shape index (κ2) is 4.47.